The van der Waals surface area contributed by atoms with Gasteiger partial charge >= 0.3 is 6.18 Å². The van der Waals surface area contributed by atoms with Crippen molar-refractivity contribution >= 4 is 27.4 Å². The van der Waals surface area contributed by atoms with E-state index in [1.165, 1.54) is 30.3 Å². The van der Waals surface area contributed by atoms with Gasteiger partial charge in [-0.3, -0.25) is 14.5 Å². The Bertz CT molecular complexity index is 1880. The molecule has 0 spiro atoms. The van der Waals surface area contributed by atoms with Crippen LogP contribution in [0.4, 0.5) is 22.0 Å². The van der Waals surface area contributed by atoms with Crippen molar-refractivity contribution in [1.82, 2.24) is 33.6 Å². The van der Waals surface area contributed by atoms with Crippen LogP contribution in [0.15, 0.2) is 66.0 Å². The van der Waals surface area contributed by atoms with Crippen molar-refractivity contribution in [1.29, 1.82) is 0 Å². The van der Waals surface area contributed by atoms with Gasteiger partial charge in [-0.25, -0.2) is 22.9 Å². The summed E-state index contributed by atoms with van der Waals surface area (Å²) in [5.41, 5.74) is 0.971. The Morgan fingerprint density at radius 2 is 1.98 bits per heavy atom. The van der Waals surface area contributed by atoms with Crippen LogP contribution in [-0.4, -0.2) is 68.2 Å². The highest BCUT2D eigenvalue weighted by molar-refractivity contribution is 7.98. The maximum atomic E-state index is 14.3. The number of nitrogens with zero attached hydrogens (tertiary/aromatic N) is 7. The van der Waals surface area contributed by atoms with E-state index in [2.05, 4.69) is 25.9 Å². The molecule has 0 saturated heterocycles. The van der Waals surface area contributed by atoms with Crippen molar-refractivity contribution in [3.63, 3.8) is 0 Å². The molecule has 230 valence electrons. The summed E-state index contributed by atoms with van der Waals surface area (Å²) in [5.74, 6) is 1.75. The molecule has 4 aromatic heterocycles. The van der Waals surface area contributed by atoms with E-state index in [1.54, 1.807) is 29.0 Å². The lowest BCUT2D eigenvalue weighted by Gasteiger charge is -2.47. The van der Waals surface area contributed by atoms with Crippen LogP contribution >= 0.6 is 0 Å². The number of aryl methyl sites for hydroxylation is 1. The molecule has 2 aliphatic carbocycles. The van der Waals surface area contributed by atoms with Gasteiger partial charge in [0.1, 0.15) is 24.4 Å². The number of ketones is 1. The standard InChI is InChI=1S/C29H26F5N7O2S/c1-39-17-37-27(38-39)44(2,43)41(16-29(32,33)34)21-4-3-19-11-24-18(8-10-40(24)22-5-6-25(31)36-15-22)13-28(19,14-21)26(42)23-12-20(30)7-9-35-23/h5-12,15,17,21H,2-4,13-14,16H2,1H3/t21-,28-,44?/m0/s1. The third kappa shape index (κ3) is 5.34. The minimum Gasteiger partial charge on any atom is -0.315 e. The second-order valence-corrected chi connectivity index (χ2v) is 13.1. The highest BCUT2D eigenvalue weighted by Crippen LogP contribution is 2.51. The van der Waals surface area contributed by atoms with Gasteiger partial charge in [0, 0.05) is 37.2 Å². The Hall–Kier alpha value is -4.24. The van der Waals surface area contributed by atoms with Crippen LogP contribution in [0.25, 0.3) is 11.8 Å². The van der Waals surface area contributed by atoms with Crippen molar-refractivity contribution in [3.8, 4) is 5.69 Å². The molecule has 0 N–H and O–H groups in total. The first kappa shape index (κ1) is 29.8. The molecule has 2 aliphatic rings. The molecule has 1 unspecified atom stereocenters. The largest absolute Gasteiger partial charge is 0.402 e. The fourth-order valence-corrected chi connectivity index (χ4v) is 7.87. The average Bonchev–Trinajstić information content (AvgIpc) is 3.60. The van der Waals surface area contributed by atoms with Crippen LogP contribution in [0.1, 0.15) is 41.0 Å². The molecule has 4 heterocycles. The summed E-state index contributed by atoms with van der Waals surface area (Å²) >= 11 is 0. The van der Waals surface area contributed by atoms with Crippen LogP contribution in [0.2, 0.25) is 0 Å². The molecule has 4 aromatic rings. The maximum absolute atomic E-state index is 14.3. The number of hydrogen-bond donors (Lipinski definition) is 0. The molecular weight excluding hydrogens is 605 g/mol. The first-order chi connectivity index (χ1) is 20.8. The predicted octanol–water partition coefficient (Wildman–Crippen LogP) is 4.59. The van der Waals surface area contributed by atoms with E-state index in [0.29, 0.717) is 22.5 Å². The minimum absolute atomic E-state index is 0.0589. The van der Waals surface area contributed by atoms with Gasteiger partial charge in [0.25, 0.3) is 0 Å². The number of hydrogen-bond acceptors (Lipinski definition) is 6. The topological polar surface area (TPSA) is 98.8 Å². The van der Waals surface area contributed by atoms with Crippen molar-refractivity contribution in [2.45, 2.75) is 43.1 Å². The number of carbonyl (C=O) groups is 1. The van der Waals surface area contributed by atoms with Crippen molar-refractivity contribution in [2.75, 3.05) is 6.54 Å². The van der Waals surface area contributed by atoms with Crippen molar-refractivity contribution in [2.24, 2.45) is 12.5 Å². The van der Waals surface area contributed by atoms with E-state index >= 15 is 0 Å². The molecule has 3 atom stereocenters. The van der Waals surface area contributed by atoms with E-state index in [1.807, 2.05) is 0 Å². The van der Waals surface area contributed by atoms with Gasteiger partial charge in [0.2, 0.25) is 11.1 Å². The molecule has 1 fully saturated rings. The molecule has 0 amide bonds. The second-order valence-electron chi connectivity index (χ2n) is 11.0. The quantitative estimate of drug-likeness (QED) is 0.128. The van der Waals surface area contributed by atoms with E-state index in [-0.39, 0.29) is 36.5 Å². The van der Waals surface area contributed by atoms with E-state index in [4.69, 9.17) is 0 Å². The molecule has 0 aromatic carbocycles. The number of alkyl halides is 3. The molecule has 15 heteroatoms. The summed E-state index contributed by atoms with van der Waals surface area (Å²) in [6.07, 6.45) is 2.67. The summed E-state index contributed by atoms with van der Waals surface area (Å²) in [4.78, 5) is 26.1. The summed E-state index contributed by atoms with van der Waals surface area (Å²) in [5, 5.41) is 3.63. The Labute approximate surface area is 249 Å². The number of pyridine rings is 2. The summed E-state index contributed by atoms with van der Waals surface area (Å²) in [7, 11) is -2.36. The number of fused-ring (bicyclic) bond motifs is 2. The smallest absolute Gasteiger partial charge is 0.315 e. The predicted molar refractivity (Wildman–Crippen MR) is 151 cm³/mol. The molecule has 0 bridgehead atoms. The zero-order chi connectivity index (χ0) is 31.4. The third-order valence-corrected chi connectivity index (χ3v) is 10.1. The van der Waals surface area contributed by atoms with E-state index in [9.17, 15) is 31.0 Å². The van der Waals surface area contributed by atoms with Crippen LogP contribution in [0.5, 0.6) is 0 Å². The summed E-state index contributed by atoms with van der Waals surface area (Å²) < 4.78 is 87.5. The Kier molecular flexibility index (Phi) is 7.27. The van der Waals surface area contributed by atoms with Gasteiger partial charge in [-0.05, 0) is 67.5 Å². The van der Waals surface area contributed by atoms with Gasteiger partial charge in [-0.15, -0.1) is 5.10 Å². The SMILES string of the molecule is C=S(=O)(c1ncn(C)n1)N(CC(F)(F)F)[C@H]1CCC2=Cc3c(ccn3-c3ccc(F)nc3)C[C@]2(C(=O)c2cc(F)ccn2)C1. The molecule has 1 saturated carbocycles. The molecule has 0 aliphatic heterocycles. The lowest BCUT2D eigenvalue weighted by Crippen LogP contribution is -2.52. The van der Waals surface area contributed by atoms with Crippen LogP contribution in [-0.2, 0) is 23.2 Å². The Morgan fingerprint density at radius 3 is 2.64 bits per heavy atom. The molecule has 6 rings (SSSR count). The average molecular weight is 632 g/mol. The van der Waals surface area contributed by atoms with Gasteiger partial charge in [0.05, 0.1) is 27.0 Å². The fourth-order valence-electron chi connectivity index (χ4n) is 6.18. The van der Waals surface area contributed by atoms with Crippen LogP contribution in [0, 0.1) is 17.2 Å². The number of allylic oxidation sites excluding steroid dienone is 1. The second kappa shape index (κ2) is 10.7. The first-order valence-electron chi connectivity index (χ1n) is 13.5. The zero-order valence-electron chi connectivity index (χ0n) is 23.3. The first-order valence-corrected chi connectivity index (χ1v) is 15.2. The molecule has 0 radical (unpaired) electrons. The minimum atomic E-state index is -4.76. The van der Waals surface area contributed by atoms with Crippen molar-refractivity contribution in [3.05, 3.63) is 89.5 Å². The van der Waals surface area contributed by atoms with Crippen LogP contribution < -0.4 is 0 Å². The highest BCUT2D eigenvalue weighted by Gasteiger charge is 2.52. The monoisotopic (exact) mass is 631 g/mol. The number of Topliss-reactive ketones (excluding diaryl/α,β-unsaturated/α-hetero) is 1. The van der Waals surface area contributed by atoms with Crippen LogP contribution in [0.3, 0.4) is 0 Å². The molecular formula is C29H26F5N7O2S. The Morgan fingerprint density at radius 1 is 1.18 bits per heavy atom. The van der Waals surface area contributed by atoms with Gasteiger partial charge in [0.15, 0.2) is 5.78 Å². The lowest BCUT2D eigenvalue weighted by atomic mass is 9.60. The summed E-state index contributed by atoms with van der Waals surface area (Å²) in [6.45, 7) is -1.57. The lowest BCUT2D eigenvalue weighted by molar-refractivity contribution is -0.140. The normalized spacial score (nSPS) is 21.3. The van der Waals surface area contributed by atoms with Crippen molar-refractivity contribution < 1.29 is 31.0 Å². The van der Waals surface area contributed by atoms with Gasteiger partial charge in [-0.2, -0.15) is 17.6 Å². The fraction of sp³-hybridized carbons (Fsp3) is 0.310. The zero-order valence-corrected chi connectivity index (χ0v) is 24.2. The summed E-state index contributed by atoms with van der Waals surface area (Å²) in [6, 6.07) is 5.58. The number of rotatable bonds is 7. The Balaban J connectivity index is 1.46. The number of carbonyl (C=O) groups excluding carboxylic acids is 1. The van der Waals surface area contributed by atoms with E-state index < -0.39 is 51.4 Å². The number of aromatic nitrogens is 6. The highest BCUT2D eigenvalue weighted by atomic mass is 32.2. The number of halogens is 5. The van der Waals surface area contributed by atoms with Gasteiger partial charge in [-0.1, -0.05) is 5.57 Å². The molecule has 44 heavy (non-hydrogen) atoms. The van der Waals surface area contributed by atoms with Gasteiger partial charge < -0.3 is 4.57 Å². The molecule has 9 nitrogen and oxygen atoms in total. The maximum Gasteiger partial charge on any atom is 0.402 e. The van der Waals surface area contributed by atoms with E-state index in [0.717, 1.165) is 22.6 Å². The third-order valence-electron chi connectivity index (χ3n) is 8.13.